The van der Waals surface area contributed by atoms with Gasteiger partial charge >= 0.3 is 6.03 Å². The first kappa shape index (κ1) is 15.1. The maximum atomic E-state index is 12.0. The van der Waals surface area contributed by atoms with Crippen LogP contribution < -0.4 is 10.6 Å². The first-order valence-corrected chi connectivity index (χ1v) is 7.57. The second kappa shape index (κ2) is 6.99. The highest BCUT2D eigenvalue weighted by Gasteiger charge is 2.03. The van der Waals surface area contributed by atoms with Gasteiger partial charge in [-0.25, -0.2) is 4.79 Å². The van der Waals surface area contributed by atoms with Crippen LogP contribution >= 0.6 is 11.6 Å². The Bertz CT molecular complexity index is 869. The number of rotatable bonds is 3. The van der Waals surface area contributed by atoms with Crippen molar-refractivity contribution in [3.63, 3.8) is 0 Å². The lowest BCUT2D eigenvalue weighted by Crippen LogP contribution is -2.23. The third-order valence-electron chi connectivity index (χ3n) is 3.38. The van der Waals surface area contributed by atoms with Gasteiger partial charge in [0.2, 0.25) is 0 Å². The molecule has 0 spiro atoms. The van der Waals surface area contributed by atoms with E-state index >= 15 is 0 Å². The number of carbonyl (C=O) groups is 1. The fraction of sp³-hybridized carbons (Fsp3) is 0. The van der Waals surface area contributed by atoms with Crippen molar-refractivity contribution in [2.24, 2.45) is 0 Å². The van der Waals surface area contributed by atoms with E-state index < -0.39 is 0 Å². The molecule has 0 aliphatic carbocycles. The van der Waals surface area contributed by atoms with Crippen molar-refractivity contribution < 1.29 is 4.79 Å². The molecule has 0 atom stereocenters. The molecule has 23 heavy (non-hydrogen) atoms. The molecule has 0 aliphatic rings. The topological polar surface area (TPSA) is 41.1 Å². The van der Waals surface area contributed by atoms with E-state index in [1.54, 1.807) is 18.3 Å². The van der Waals surface area contributed by atoms with E-state index in [0.717, 1.165) is 22.0 Å². The Kier molecular flexibility index (Phi) is 4.60. The summed E-state index contributed by atoms with van der Waals surface area (Å²) in [4.78, 5) is 12.0. The highest BCUT2D eigenvalue weighted by molar-refractivity contribution is 6.30. The summed E-state index contributed by atoms with van der Waals surface area (Å²) in [6.45, 7) is 0. The van der Waals surface area contributed by atoms with E-state index in [1.807, 2.05) is 60.7 Å². The second-order valence-corrected chi connectivity index (χ2v) is 5.45. The summed E-state index contributed by atoms with van der Waals surface area (Å²) in [5.41, 5.74) is 1.69. The van der Waals surface area contributed by atoms with Crippen molar-refractivity contribution >= 4 is 40.2 Å². The van der Waals surface area contributed by atoms with Crippen molar-refractivity contribution in [2.75, 3.05) is 5.32 Å². The predicted octanol–water partition coefficient (Wildman–Crippen LogP) is 5.29. The van der Waals surface area contributed by atoms with Gasteiger partial charge in [-0.2, -0.15) is 0 Å². The Labute approximate surface area is 139 Å². The molecule has 0 unspecified atom stereocenters. The van der Waals surface area contributed by atoms with E-state index in [1.165, 1.54) is 0 Å². The fourth-order valence-corrected chi connectivity index (χ4v) is 2.52. The first-order valence-electron chi connectivity index (χ1n) is 7.20. The molecule has 0 radical (unpaired) electrons. The second-order valence-electron chi connectivity index (χ2n) is 5.01. The average molecular weight is 323 g/mol. The lowest BCUT2D eigenvalue weighted by atomic mass is 10.1. The highest BCUT2D eigenvalue weighted by Crippen LogP contribution is 2.22. The van der Waals surface area contributed by atoms with Crippen LogP contribution in [-0.2, 0) is 0 Å². The molecule has 2 N–H and O–H groups in total. The van der Waals surface area contributed by atoms with E-state index in [9.17, 15) is 4.79 Å². The molecular weight excluding hydrogens is 308 g/mol. The van der Waals surface area contributed by atoms with Crippen LogP contribution in [0.15, 0.2) is 72.9 Å². The van der Waals surface area contributed by atoms with Gasteiger partial charge in [0, 0.05) is 16.6 Å². The summed E-state index contributed by atoms with van der Waals surface area (Å²) in [6.07, 6.45) is 3.38. The van der Waals surface area contributed by atoms with Crippen LogP contribution in [0.1, 0.15) is 5.56 Å². The van der Waals surface area contributed by atoms with E-state index in [0.29, 0.717) is 5.02 Å². The molecule has 4 heteroatoms. The van der Waals surface area contributed by atoms with Gasteiger partial charge in [-0.3, -0.25) is 0 Å². The minimum absolute atomic E-state index is 0.292. The van der Waals surface area contributed by atoms with E-state index in [-0.39, 0.29) is 6.03 Å². The summed E-state index contributed by atoms with van der Waals surface area (Å²) < 4.78 is 0. The highest BCUT2D eigenvalue weighted by atomic mass is 35.5. The Morgan fingerprint density at radius 1 is 0.957 bits per heavy atom. The van der Waals surface area contributed by atoms with Crippen LogP contribution in [0.5, 0.6) is 0 Å². The van der Waals surface area contributed by atoms with Gasteiger partial charge in [-0.05, 0) is 35.2 Å². The standard InChI is InChI=1S/C19H15ClN2O/c20-16-8-3-5-14(13-16)11-12-21-19(23)22-18-10-4-7-15-6-1-2-9-17(15)18/h1-13H,(H2,21,22,23)/b12-11+. The molecule has 0 fully saturated rings. The Morgan fingerprint density at radius 2 is 1.74 bits per heavy atom. The summed E-state index contributed by atoms with van der Waals surface area (Å²) in [5, 5.41) is 8.29. The normalized spacial score (nSPS) is 10.8. The molecule has 0 bridgehead atoms. The Morgan fingerprint density at radius 3 is 2.61 bits per heavy atom. The van der Waals surface area contributed by atoms with Crippen molar-refractivity contribution in [3.8, 4) is 0 Å². The van der Waals surface area contributed by atoms with Gasteiger partial charge in [0.1, 0.15) is 0 Å². The number of hydrogen-bond donors (Lipinski definition) is 2. The third kappa shape index (κ3) is 3.90. The van der Waals surface area contributed by atoms with Crippen molar-refractivity contribution in [3.05, 3.63) is 83.5 Å². The number of urea groups is 1. The number of hydrogen-bond acceptors (Lipinski definition) is 1. The van der Waals surface area contributed by atoms with Gasteiger partial charge in [-0.15, -0.1) is 0 Å². The molecule has 0 saturated carbocycles. The molecule has 3 rings (SSSR count). The number of anilines is 1. The number of nitrogens with one attached hydrogen (secondary N) is 2. The molecule has 0 heterocycles. The minimum Gasteiger partial charge on any atom is -0.314 e. The Hall–Kier alpha value is -2.78. The molecule has 3 aromatic rings. The van der Waals surface area contributed by atoms with Crippen LogP contribution in [0.25, 0.3) is 16.8 Å². The molecule has 3 nitrogen and oxygen atoms in total. The summed E-state index contributed by atoms with van der Waals surface area (Å²) in [5.74, 6) is 0. The van der Waals surface area contributed by atoms with Crippen molar-refractivity contribution in [1.29, 1.82) is 0 Å². The number of halogens is 1. The maximum absolute atomic E-state index is 12.0. The lowest BCUT2D eigenvalue weighted by molar-refractivity contribution is 0.255. The third-order valence-corrected chi connectivity index (χ3v) is 3.61. The zero-order valence-electron chi connectivity index (χ0n) is 12.3. The summed E-state index contributed by atoms with van der Waals surface area (Å²) in [7, 11) is 0. The molecular formula is C19H15ClN2O. The Balaban J connectivity index is 1.67. The van der Waals surface area contributed by atoms with Crippen molar-refractivity contribution in [2.45, 2.75) is 0 Å². The average Bonchev–Trinajstić information content (AvgIpc) is 2.55. The van der Waals surface area contributed by atoms with Gasteiger partial charge in [0.15, 0.2) is 0 Å². The molecule has 114 valence electrons. The number of amides is 2. The van der Waals surface area contributed by atoms with Gasteiger partial charge in [0.05, 0.1) is 5.69 Å². The quantitative estimate of drug-likeness (QED) is 0.676. The fourth-order valence-electron chi connectivity index (χ4n) is 2.32. The minimum atomic E-state index is -0.292. The van der Waals surface area contributed by atoms with Crippen molar-refractivity contribution in [1.82, 2.24) is 5.32 Å². The number of carbonyl (C=O) groups excluding carboxylic acids is 1. The monoisotopic (exact) mass is 322 g/mol. The van der Waals surface area contributed by atoms with Crippen LogP contribution in [0, 0.1) is 0 Å². The van der Waals surface area contributed by atoms with E-state index in [4.69, 9.17) is 11.6 Å². The predicted molar refractivity (Wildman–Crippen MR) is 96.6 cm³/mol. The van der Waals surface area contributed by atoms with Gasteiger partial charge < -0.3 is 10.6 Å². The lowest BCUT2D eigenvalue weighted by Gasteiger charge is -2.08. The van der Waals surface area contributed by atoms with Crippen LogP contribution in [0.3, 0.4) is 0 Å². The van der Waals surface area contributed by atoms with Crippen LogP contribution in [0.2, 0.25) is 5.02 Å². The zero-order chi connectivity index (χ0) is 16.1. The zero-order valence-corrected chi connectivity index (χ0v) is 13.0. The molecule has 3 aromatic carbocycles. The van der Waals surface area contributed by atoms with Gasteiger partial charge in [0.25, 0.3) is 0 Å². The smallest absolute Gasteiger partial charge is 0.314 e. The number of fused-ring (bicyclic) bond motifs is 1. The largest absolute Gasteiger partial charge is 0.323 e. The van der Waals surface area contributed by atoms with Gasteiger partial charge in [-0.1, -0.05) is 60.1 Å². The first-order chi connectivity index (χ1) is 11.2. The molecule has 0 aromatic heterocycles. The van der Waals surface area contributed by atoms with E-state index in [2.05, 4.69) is 10.6 Å². The number of benzene rings is 3. The maximum Gasteiger partial charge on any atom is 0.323 e. The summed E-state index contributed by atoms with van der Waals surface area (Å²) >= 11 is 5.92. The molecule has 0 aliphatic heterocycles. The molecule has 2 amide bonds. The van der Waals surface area contributed by atoms with Crippen LogP contribution in [-0.4, -0.2) is 6.03 Å². The SMILES string of the molecule is O=C(N/C=C/c1cccc(Cl)c1)Nc1cccc2ccccc12. The van der Waals surface area contributed by atoms with Crippen LogP contribution in [0.4, 0.5) is 10.5 Å². The summed E-state index contributed by atoms with van der Waals surface area (Å²) in [6, 6.07) is 20.8. The molecule has 0 saturated heterocycles.